The molecule has 0 bridgehead atoms. The van der Waals surface area contributed by atoms with Crippen LogP contribution in [0.1, 0.15) is 41.5 Å². The molecule has 3 amide bonds. The van der Waals surface area contributed by atoms with E-state index in [0.29, 0.717) is 5.92 Å². The van der Waals surface area contributed by atoms with Crippen molar-refractivity contribution in [1.82, 2.24) is 16.0 Å². The summed E-state index contributed by atoms with van der Waals surface area (Å²) in [6, 6.07) is 17.9. The molecule has 1 heterocycles. The van der Waals surface area contributed by atoms with Gasteiger partial charge in [-0.25, -0.2) is 4.79 Å². The second-order valence-electron chi connectivity index (χ2n) is 7.04. The number of carbonyl (C=O) groups is 2. The maximum absolute atomic E-state index is 12.8. The summed E-state index contributed by atoms with van der Waals surface area (Å²) in [5.41, 5.74) is 9.91. The molecule has 0 aromatic heterocycles. The Morgan fingerprint density at radius 3 is 2.43 bits per heavy atom. The molecule has 0 saturated heterocycles. The molecular weight excluding hydrogens is 352 g/mol. The van der Waals surface area contributed by atoms with Crippen molar-refractivity contribution in [2.24, 2.45) is 5.73 Å². The van der Waals surface area contributed by atoms with Gasteiger partial charge in [0.05, 0.1) is 17.4 Å². The summed E-state index contributed by atoms with van der Waals surface area (Å²) in [6.45, 7) is 3.67. The lowest BCUT2D eigenvalue weighted by Crippen LogP contribution is -2.47. The number of urea groups is 1. The Morgan fingerprint density at radius 2 is 1.68 bits per heavy atom. The van der Waals surface area contributed by atoms with E-state index >= 15 is 0 Å². The number of fused-ring (bicyclic) bond motifs is 1. The third-order valence-corrected chi connectivity index (χ3v) is 5.32. The first-order valence-electron chi connectivity index (χ1n) is 9.26. The summed E-state index contributed by atoms with van der Waals surface area (Å²) in [6.07, 6.45) is 1.71. The molecule has 6 heteroatoms. The fraction of sp³-hybridized carbons (Fsp3) is 0.182. The first kappa shape index (κ1) is 17.9. The molecule has 2 atom stereocenters. The van der Waals surface area contributed by atoms with Crippen LogP contribution in [-0.2, 0) is 4.79 Å². The van der Waals surface area contributed by atoms with Crippen molar-refractivity contribution in [2.75, 3.05) is 0 Å². The van der Waals surface area contributed by atoms with Gasteiger partial charge in [0, 0.05) is 5.92 Å². The maximum atomic E-state index is 12.8. The van der Waals surface area contributed by atoms with Gasteiger partial charge >= 0.3 is 6.03 Å². The molecule has 28 heavy (non-hydrogen) atoms. The molecule has 1 aliphatic heterocycles. The quantitative estimate of drug-likeness (QED) is 0.665. The molecule has 2 aromatic carbocycles. The van der Waals surface area contributed by atoms with Gasteiger partial charge in [-0.1, -0.05) is 61.2 Å². The summed E-state index contributed by atoms with van der Waals surface area (Å²) in [5.74, 6) is -0.111. The minimum atomic E-state index is -0.516. The van der Waals surface area contributed by atoms with Crippen molar-refractivity contribution >= 4 is 11.9 Å². The molecular formula is C22H22N4O2. The molecule has 0 unspecified atom stereocenters. The van der Waals surface area contributed by atoms with Gasteiger partial charge in [-0.05, 0) is 29.5 Å². The van der Waals surface area contributed by atoms with Crippen LogP contribution in [0.25, 0.3) is 0 Å². The second kappa shape index (κ2) is 7.23. The topological polar surface area (TPSA) is 96.2 Å². The third-order valence-electron chi connectivity index (χ3n) is 5.32. The number of nitrogens with two attached hydrogens (primary N) is 1. The lowest BCUT2D eigenvalue weighted by molar-refractivity contribution is -0.118. The fourth-order valence-corrected chi connectivity index (χ4v) is 3.95. The Labute approximate surface area is 163 Å². The average Bonchev–Trinajstić information content (AvgIpc) is 2.71. The van der Waals surface area contributed by atoms with E-state index in [0.717, 1.165) is 18.4 Å². The van der Waals surface area contributed by atoms with Gasteiger partial charge in [-0.3, -0.25) is 4.79 Å². The van der Waals surface area contributed by atoms with E-state index in [2.05, 4.69) is 40.7 Å². The molecule has 2 aromatic rings. The largest absolute Gasteiger partial charge is 0.395 e. The van der Waals surface area contributed by atoms with E-state index in [4.69, 9.17) is 5.73 Å². The van der Waals surface area contributed by atoms with Gasteiger partial charge in [-0.2, -0.15) is 0 Å². The van der Waals surface area contributed by atoms with E-state index in [1.807, 2.05) is 36.4 Å². The predicted molar refractivity (Wildman–Crippen MR) is 107 cm³/mol. The zero-order valence-corrected chi connectivity index (χ0v) is 15.4. The summed E-state index contributed by atoms with van der Waals surface area (Å²) in [5, 5.41) is 7.95. The zero-order chi connectivity index (χ0) is 19.7. The SMILES string of the molecule is C=C1NC(=O)NC(C(=O)N[C@@H]2CC[C@@H](c3ccccc3)c3ccccc32)=C1N. The van der Waals surface area contributed by atoms with Crippen LogP contribution in [0.3, 0.4) is 0 Å². The summed E-state index contributed by atoms with van der Waals surface area (Å²) < 4.78 is 0. The van der Waals surface area contributed by atoms with Crippen molar-refractivity contribution in [3.05, 3.63) is 95.0 Å². The van der Waals surface area contributed by atoms with Crippen LogP contribution in [-0.4, -0.2) is 11.9 Å². The first-order valence-corrected chi connectivity index (χ1v) is 9.26. The molecule has 142 valence electrons. The Hall–Kier alpha value is -3.54. The zero-order valence-electron chi connectivity index (χ0n) is 15.4. The third kappa shape index (κ3) is 3.24. The van der Waals surface area contributed by atoms with Gasteiger partial charge in [0.25, 0.3) is 5.91 Å². The molecule has 6 nitrogen and oxygen atoms in total. The molecule has 2 aliphatic rings. The maximum Gasteiger partial charge on any atom is 0.323 e. The van der Waals surface area contributed by atoms with Crippen LogP contribution in [0.5, 0.6) is 0 Å². The average molecular weight is 374 g/mol. The highest BCUT2D eigenvalue weighted by atomic mass is 16.2. The second-order valence-corrected chi connectivity index (χ2v) is 7.04. The van der Waals surface area contributed by atoms with E-state index in [-0.39, 0.29) is 23.1 Å². The predicted octanol–water partition coefficient (Wildman–Crippen LogP) is 2.77. The fourth-order valence-electron chi connectivity index (χ4n) is 3.95. The smallest absolute Gasteiger partial charge is 0.323 e. The number of benzene rings is 2. The highest BCUT2D eigenvalue weighted by Crippen LogP contribution is 2.41. The van der Waals surface area contributed by atoms with Gasteiger partial charge in [-0.15, -0.1) is 0 Å². The highest BCUT2D eigenvalue weighted by Gasteiger charge is 2.31. The van der Waals surface area contributed by atoms with E-state index in [1.54, 1.807) is 0 Å². The lowest BCUT2D eigenvalue weighted by Gasteiger charge is -2.33. The number of hydrogen-bond donors (Lipinski definition) is 4. The number of amides is 3. The number of carbonyl (C=O) groups excluding carboxylic acids is 2. The van der Waals surface area contributed by atoms with Crippen molar-refractivity contribution in [3.8, 4) is 0 Å². The molecule has 0 spiro atoms. The molecule has 0 saturated carbocycles. The minimum Gasteiger partial charge on any atom is -0.395 e. The first-order chi connectivity index (χ1) is 13.5. The van der Waals surface area contributed by atoms with Gasteiger partial charge in [0.1, 0.15) is 5.70 Å². The van der Waals surface area contributed by atoms with Crippen LogP contribution < -0.4 is 21.7 Å². The Balaban J connectivity index is 1.61. The Bertz CT molecular complexity index is 981. The van der Waals surface area contributed by atoms with Crippen LogP contribution >= 0.6 is 0 Å². The van der Waals surface area contributed by atoms with Crippen LogP contribution in [0.15, 0.2) is 78.3 Å². The monoisotopic (exact) mass is 374 g/mol. The summed E-state index contributed by atoms with van der Waals surface area (Å²) >= 11 is 0. The van der Waals surface area contributed by atoms with Crippen molar-refractivity contribution < 1.29 is 9.59 Å². The van der Waals surface area contributed by atoms with Gasteiger partial charge in [0.15, 0.2) is 0 Å². The lowest BCUT2D eigenvalue weighted by atomic mass is 9.77. The van der Waals surface area contributed by atoms with Gasteiger partial charge < -0.3 is 21.7 Å². The van der Waals surface area contributed by atoms with E-state index in [9.17, 15) is 9.59 Å². The normalized spacial score (nSPS) is 21.4. The number of nitrogens with one attached hydrogen (secondary N) is 3. The number of rotatable bonds is 3. The van der Waals surface area contributed by atoms with E-state index in [1.165, 1.54) is 11.1 Å². The van der Waals surface area contributed by atoms with Crippen molar-refractivity contribution in [3.63, 3.8) is 0 Å². The van der Waals surface area contributed by atoms with Crippen LogP contribution in [0.2, 0.25) is 0 Å². The van der Waals surface area contributed by atoms with Crippen LogP contribution in [0.4, 0.5) is 4.79 Å². The molecule has 0 radical (unpaired) electrons. The highest BCUT2D eigenvalue weighted by molar-refractivity contribution is 6.00. The van der Waals surface area contributed by atoms with Crippen molar-refractivity contribution in [2.45, 2.75) is 24.8 Å². The molecule has 1 aliphatic carbocycles. The summed E-state index contributed by atoms with van der Waals surface area (Å²) in [4.78, 5) is 24.5. The molecule has 5 N–H and O–H groups in total. The Kier molecular flexibility index (Phi) is 4.61. The minimum absolute atomic E-state index is 0.0383. The van der Waals surface area contributed by atoms with Gasteiger partial charge in [0.2, 0.25) is 0 Å². The number of hydrogen-bond acceptors (Lipinski definition) is 3. The summed E-state index contributed by atoms with van der Waals surface area (Å²) in [7, 11) is 0. The molecule has 0 fully saturated rings. The molecule has 4 rings (SSSR count). The standard InChI is InChI=1S/C22H22N4O2/c1-13-19(23)20(26-22(28)24-13)21(27)25-18-12-11-15(14-7-3-2-4-8-14)16-9-5-6-10-17(16)18/h2-10,15,18H,1,11-12,23H2,(H,25,27)(H2,24,26,28)/t15-,18+/m0/s1. The van der Waals surface area contributed by atoms with Crippen LogP contribution in [0, 0.1) is 0 Å². The Morgan fingerprint density at radius 1 is 1.00 bits per heavy atom. The van der Waals surface area contributed by atoms with Crippen molar-refractivity contribution in [1.29, 1.82) is 0 Å². The van der Waals surface area contributed by atoms with E-state index < -0.39 is 11.9 Å².